The number of aromatic amines is 1. The van der Waals surface area contributed by atoms with Crippen molar-refractivity contribution in [2.45, 2.75) is 0 Å². The maximum atomic E-state index is 7.79. The van der Waals surface area contributed by atoms with Gasteiger partial charge >= 0.3 is 0 Å². The van der Waals surface area contributed by atoms with E-state index in [0.717, 1.165) is 22.0 Å². The highest BCUT2D eigenvalue weighted by Gasteiger charge is 2.12. The second kappa shape index (κ2) is 4.79. The first-order chi connectivity index (χ1) is 10.1. The molecule has 0 bridgehead atoms. The predicted molar refractivity (Wildman–Crippen MR) is 85.8 cm³/mol. The molecule has 104 valence electrons. The number of fused-ring (bicyclic) bond motifs is 1. The minimum Gasteiger partial charge on any atom is -0.384 e. The molecule has 0 atom stereocenters. The smallest absolute Gasteiger partial charge is 0.123 e. The van der Waals surface area contributed by atoms with Crippen LogP contribution in [-0.4, -0.2) is 16.7 Å². The zero-order valence-electron chi connectivity index (χ0n) is 11.3. The van der Waals surface area contributed by atoms with E-state index in [2.05, 4.69) is 4.98 Å². The van der Waals surface area contributed by atoms with Crippen molar-refractivity contribution in [1.29, 1.82) is 10.8 Å². The molecule has 0 aliphatic rings. The molecule has 0 aliphatic carbocycles. The van der Waals surface area contributed by atoms with E-state index in [0.29, 0.717) is 11.1 Å². The third-order valence-corrected chi connectivity index (χ3v) is 3.51. The topological polar surface area (TPSA) is 116 Å². The fourth-order valence-electron chi connectivity index (χ4n) is 2.49. The summed E-state index contributed by atoms with van der Waals surface area (Å²) in [6.45, 7) is 0. The van der Waals surface area contributed by atoms with Crippen molar-refractivity contribution in [2.24, 2.45) is 11.5 Å². The first-order valence-corrected chi connectivity index (χ1v) is 6.47. The van der Waals surface area contributed by atoms with Crippen molar-refractivity contribution in [1.82, 2.24) is 4.98 Å². The Labute approximate surface area is 121 Å². The molecule has 0 fully saturated rings. The van der Waals surface area contributed by atoms with Crippen LogP contribution in [0.15, 0.2) is 48.7 Å². The third kappa shape index (κ3) is 2.14. The van der Waals surface area contributed by atoms with E-state index in [1.807, 2.05) is 36.5 Å². The van der Waals surface area contributed by atoms with Crippen LogP contribution < -0.4 is 11.5 Å². The van der Waals surface area contributed by atoms with Crippen LogP contribution in [0.2, 0.25) is 0 Å². The van der Waals surface area contributed by atoms with Gasteiger partial charge in [0, 0.05) is 28.2 Å². The van der Waals surface area contributed by atoms with Gasteiger partial charge in [0.25, 0.3) is 0 Å². The molecule has 21 heavy (non-hydrogen) atoms. The van der Waals surface area contributed by atoms with E-state index in [4.69, 9.17) is 22.3 Å². The maximum absolute atomic E-state index is 7.79. The minimum atomic E-state index is -0.0411. The molecule has 3 aromatic rings. The number of benzene rings is 2. The largest absolute Gasteiger partial charge is 0.384 e. The van der Waals surface area contributed by atoms with Crippen molar-refractivity contribution in [3.63, 3.8) is 0 Å². The minimum absolute atomic E-state index is 0.0381. The Morgan fingerprint density at radius 2 is 1.71 bits per heavy atom. The molecule has 1 aromatic heterocycles. The second-order valence-corrected chi connectivity index (χ2v) is 4.83. The van der Waals surface area contributed by atoms with E-state index in [1.165, 1.54) is 0 Å². The van der Waals surface area contributed by atoms with E-state index in [9.17, 15) is 0 Å². The van der Waals surface area contributed by atoms with Crippen LogP contribution >= 0.6 is 0 Å². The van der Waals surface area contributed by atoms with Gasteiger partial charge in [0.15, 0.2) is 0 Å². The molecule has 0 saturated heterocycles. The average molecular weight is 277 g/mol. The number of nitrogens with one attached hydrogen (secondary N) is 3. The fourth-order valence-corrected chi connectivity index (χ4v) is 2.49. The van der Waals surface area contributed by atoms with Gasteiger partial charge in [0.1, 0.15) is 11.7 Å². The van der Waals surface area contributed by atoms with Crippen LogP contribution in [0.3, 0.4) is 0 Å². The number of hydrogen-bond donors (Lipinski definition) is 5. The van der Waals surface area contributed by atoms with Crippen LogP contribution in [0.4, 0.5) is 0 Å². The molecule has 3 rings (SSSR count). The summed E-state index contributed by atoms with van der Waals surface area (Å²) < 4.78 is 0. The number of aromatic nitrogens is 1. The summed E-state index contributed by atoms with van der Waals surface area (Å²) in [5.74, 6) is -0.0791. The predicted octanol–water partition coefficient (Wildman–Crippen LogP) is 2.40. The number of H-pyrrole nitrogens is 1. The summed E-state index contributed by atoms with van der Waals surface area (Å²) in [4.78, 5) is 3.17. The Kier molecular flexibility index (Phi) is 2.95. The lowest BCUT2D eigenvalue weighted by atomic mass is 9.94. The van der Waals surface area contributed by atoms with E-state index in [1.54, 1.807) is 12.1 Å². The summed E-state index contributed by atoms with van der Waals surface area (Å²) in [6, 6.07) is 13.3. The van der Waals surface area contributed by atoms with Gasteiger partial charge in [-0.15, -0.1) is 0 Å². The summed E-state index contributed by atoms with van der Waals surface area (Å²) >= 11 is 0. The van der Waals surface area contributed by atoms with Crippen LogP contribution in [-0.2, 0) is 0 Å². The Morgan fingerprint density at radius 1 is 0.905 bits per heavy atom. The molecule has 5 heteroatoms. The van der Waals surface area contributed by atoms with Gasteiger partial charge in [-0.05, 0) is 29.3 Å². The second-order valence-electron chi connectivity index (χ2n) is 4.83. The summed E-state index contributed by atoms with van der Waals surface area (Å²) in [5, 5.41) is 16.4. The molecule has 2 aromatic carbocycles. The molecule has 0 saturated carbocycles. The standard InChI is InChI=1S/C16H15N5/c17-15(18)9-4-5-11(13(8-9)16(19)20)10-2-1-3-14-12(10)6-7-21-14/h1-8,21H,(H3,17,18)(H3,19,20). The van der Waals surface area contributed by atoms with Gasteiger partial charge < -0.3 is 16.5 Å². The molecule has 0 radical (unpaired) electrons. The SMILES string of the molecule is N=C(N)c1ccc(-c2cccc3[nH]ccc23)c(C(=N)N)c1. The van der Waals surface area contributed by atoms with E-state index in [-0.39, 0.29) is 11.7 Å². The highest BCUT2D eigenvalue weighted by atomic mass is 14.7. The van der Waals surface area contributed by atoms with E-state index < -0.39 is 0 Å². The molecule has 0 aliphatic heterocycles. The summed E-state index contributed by atoms with van der Waals surface area (Å²) in [7, 11) is 0. The van der Waals surface area contributed by atoms with Gasteiger partial charge in [-0.3, -0.25) is 10.8 Å². The van der Waals surface area contributed by atoms with Crippen LogP contribution in [0.1, 0.15) is 11.1 Å². The average Bonchev–Trinajstić information content (AvgIpc) is 2.94. The first kappa shape index (κ1) is 12.9. The number of hydrogen-bond acceptors (Lipinski definition) is 2. The highest BCUT2D eigenvalue weighted by molar-refractivity contribution is 6.08. The molecular formula is C16H15N5. The van der Waals surface area contributed by atoms with Crippen molar-refractivity contribution >= 4 is 22.6 Å². The summed E-state index contributed by atoms with van der Waals surface area (Å²) in [6.07, 6.45) is 1.88. The number of nitrogens with two attached hydrogens (primary N) is 2. The Morgan fingerprint density at radius 3 is 2.43 bits per heavy atom. The van der Waals surface area contributed by atoms with Crippen molar-refractivity contribution < 1.29 is 0 Å². The molecule has 0 unspecified atom stereocenters. The fraction of sp³-hybridized carbons (Fsp3) is 0. The van der Waals surface area contributed by atoms with Crippen LogP contribution in [0.25, 0.3) is 22.0 Å². The summed E-state index contributed by atoms with van der Waals surface area (Å²) in [5.41, 5.74) is 15.2. The molecule has 5 nitrogen and oxygen atoms in total. The normalized spacial score (nSPS) is 10.7. The number of nitrogen functional groups attached to an aromatic ring is 2. The first-order valence-electron chi connectivity index (χ1n) is 6.47. The van der Waals surface area contributed by atoms with Crippen LogP contribution in [0.5, 0.6) is 0 Å². The number of rotatable bonds is 3. The highest BCUT2D eigenvalue weighted by Crippen LogP contribution is 2.31. The van der Waals surface area contributed by atoms with Gasteiger partial charge in [-0.1, -0.05) is 24.3 Å². The van der Waals surface area contributed by atoms with Gasteiger partial charge in [0.05, 0.1) is 0 Å². The molecular weight excluding hydrogens is 262 g/mol. The maximum Gasteiger partial charge on any atom is 0.123 e. The van der Waals surface area contributed by atoms with Crippen molar-refractivity contribution in [2.75, 3.05) is 0 Å². The zero-order chi connectivity index (χ0) is 15.0. The molecule has 1 heterocycles. The Balaban J connectivity index is 2.29. The molecule has 0 spiro atoms. The Bertz CT molecular complexity index is 860. The third-order valence-electron chi connectivity index (χ3n) is 3.51. The quantitative estimate of drug-likeness (QED) is 0.373. The van der Waals surface area contributed by atoms with Gasteiger partial charge in [0.2, 0.25) is 0 Å². The van der Waals surface area contributed by atoms with Gasteiger partial charge in [-0.2, -0.15) is 0 Å². The molecule has 0 amide bonds. The van der Waals surface area contributed by atoms with E-state index >= 15 is 0 Å². The van der Waals surface area contributed by atoms with Crippen molar-refractivity contribution in [3.05, 3.63) is 59.8 Å². The molecule has 7 N–H and O–H groups in total. The lowest BCUT2D eigenvalue weighted by Crippen LogP contribution is -2.16. The lowest BCUT2D eigenvalue weighted by Gasteiger charge is -2.11. The zero-order valence-corrected chi connectivity index (χ0v) is 11.3. The van der Waals surface area contributed by atoms with Crippen molar-refractivity contribution in [3.8, 4) is 11.1 Å². The van der Waals surface area contributed by atoms with Crippen LogP contribution in [0, 0.1) is 10.8 Å². The van der Waals surface area contributed by atoms with Gasteiger partial charge in [-0.25, -0.2) is 0 Å². The monoisotopic (exact) mass is 277 g/mol. The lowest BCUT2D eigenvalue weighted by molar-refractivity contribution is 1.39. The Hall–Kier alpha value is -3.08. The number of amidine groups is 2.